The average molecular weight is 611 g/mol. The van der Waals surface area contributed by atoms with Crippen LogP contribution in [0.3, 0.4) is 0 Å². The van der Waals surface area contributed by atoms with E-state index in [4.69, 9.17) is 21.1 Å². The van der Waals surface area contributed by atoms with Crippen LogP contribution in [0.25, 0.3) is 0 Å². The fourth-order valence-corrected chi connectivity index (χ4v) is 6.24. The van der Waals surface area contributed by atoms with Crippen LogP contribution < -0.4 is 20.3 Å². The summed E-state index contributed by atoms with van der Waals surface area (Å²) in [4.78, 5) is 43.0. The Hall–Kier alpha value is -2.80. The van der Waals surface area contributed by atoms with Gasteiger partial charge in [-0.25, -0.2) is 0 Å². The molecule has 41 heavy (non-hydrogen) atoms. The molecule has 1 saturated heterocycles. The van der Waals surface area contributed by atoms with Crippen molar-refractivity contribution in [2.24, 2.45) is 5.92 Å². The molecule has 9 nitrogen and oxygen atoms in total. The summed E-state index contributed by atoms with van der Waals surface area (Å²) in [6.45, 7) is -1.89. The normalized spacial score (nSPS) is 18.7. The highest BCUT2D eigenvalue weighted by Crippen LogP contribution is 2.35. The smallest absolute Gasteiger partial charge is 0.387 e. The standard InChI is InChI=1S/C28H33ClF2N4O5S/c29-24-10-9-23(41-24)27(38)32-14-21(35(18-5-2-6-18)15-17-3-1-4-17)26(37)33-20-8-7-19(13-22(20)40-28(30)31)34-11-12-39-16-25(34)36/h7-10,13,17-18,21,28H,1-6,11-12,14-16H2,(H,32,38)(H,33,37)/t21-/m1/s1. The average Bonchev–Trinajstić information content (AvgIpc) is 3.32. The second kappa shape index (κ2) is 13.5. The van der Waals surface area contributed by atoms with Gasteiger partial charge in [-0.1, -0.05) is 24.4 Å². The lowest BCUT2D eigenvalue weighted by atomic mass is 9.82. The number of halogens is 3. The van der Waals surface area contributed by atoms with Gasteiger partial charge in [0.15, 0.2) is 5.75 Å². The number of rotatable bonds is 12. The summed E-state index contributed by atoms with van der Waals surface area (Å²) in [7, 11) is 0. The maximum Gasteiger partial charge on any atom is 0.387 e. The van der Waals surface area contributed by atoms with Gasteiger partial charge in [-0.2, -0.15) is 8.78 Å². The minimum Gasteiger partial charge on any atom is -0.433 e. The first-order chi connectivity index (χ1) is 19.8. The van der Waals surface area contributed by atoms with Crippen LogP contribution in [0.2, 0.25) is 4.34 Å². The van der Waals surface area contributed by atoms with Gasteiger partial charge < -0.3 is 25.0 Å². The van der Waals surface area contributed by atoms with Crippen molar-refractivity contribution >= 4 is 52.0 Å². The minimum absolute atomic E-state index is 0.0365. The lowest BCUT2D eigenvalue weighted by Crippen LogP contribution is -2.57. The van der Waals surface area contributed by atoms with Crippen LogP contribution >= 0.6 is 22.9 Å². The van der Waals surface area contributed by atoms with Gasteiger partial charge in [-0.05, 0) is 55.9 Å². The molecule has 1 atom stereocenters. The molecule has 5 rings (SSSR count). The Labute approximate surface area is 246 Å². The first kappa shape index (κ1) is 29.7. The van der Waals surface area contributed by atoms with Gasteiger partial charge in [0.05, 0.1) is 21.5 Å². The van der Waals surface area contributed by atoms with Crippen LogP contribution in [-0.2, 0) is 14.3 Å². The maximum absolute atomic E-state index is 13.9. The molecule has 13 heteroatoms. The maximum atomic E-state index is 13.9. The molecular formula is C28H33ClF2N4O5S. The number of hydrogen-bond donors (Lipinski definition) is 2. The number of amides is 3. The van der Waals surface area contributed by atoms with Gasteiger partial charge in [-0.15, -0.1) is 11.3 Å². The molecule has 0 radical (unpaired) electrons. The number of carbonyl (C=O) groups excluding carboxylic acids is 3. The highest BCUT2D eigenvalue weighted by atomic mass is 35.5. The predicted molar refractivity (Wildman–Crippen MR) is 152 cm³/mol. The molecule has 222 valence electrons. The highest BCUT2D eigenvalue weighted by molar-refractivity contribution is 7.18. The second-order valence-corrected chi connectivity index (χ2v) is 12.3. The largest absolute Gasteiger partial charge is 0.433 e. The molecule has 2 N–H and O–H groups in total. The van der Waals surface area contributed by atoms with Crippen LogP contribution in [0.1, 0.15) is 48.2 Å². The first-order valence-corrected chi connectivity index (χ1v) is 15.0. The van der Waals surface area contributed by atoms with E-state index in [0.717, 1.165) is 56.4 Å². The molecule has 0 unspecified atom stereocenters. The molecule has 1 aromatic carbocycles. The Balaban J connectivity index is 1.38. The number of benzene rings is 1. The van der Waals surface area contributed by atoms with E-state index in [1.54, 1.807) is 18.2 Å². The van der Waals surface area contributed by atoms with E-state index < -0.39 is 18.6 Å². The first-order valence-electron chi connectivity index (χ1n) is 13.9. The summed E-state index contributed by atoms with van der Waals surface area (Å²) in [5, 5.41) is 5.66. The molecule has 2 aliphatic carbocycles. The third kappa shape index (κ3) is 7.35. The fraction of sp³-hybridized carbons (Fsp3) is 0.536. The lowest BCUT2D eigenvalue weighted by Gasteiger charge is -2.45. The fourth-order valence-electron chi connectivity index (χ4n) is 5.28. The SMILES string of the molecule is O=C(NC[C@H](C(=O)Nc1ccc(N2CCOCC2=O)cc1OC(F)F)N(CC1CCC1)C1CCC1)c1ccc(Cl)s1. The summed E-state index contributed by atoms with van der Waals surface area (Å²) in [5.41, 5.74) is 0.421. The molecule has 3 aliphatic rings. The van der Waals surface area contributed by atoms with Crippen LogP contribution in [-0.4, -0.2) is 74.2 Å². The predicted octanol–water partition coefficient (Wildman–Crippen LogP) is 4.76. The van der Waals surface area contributed by atoms with E-state index in [1.165, 1.54) is 17.0 Å². The monoisotopic (exact) mass is 610 g/mol. The molecule has 2 heterocycles. The number of thiophene rings is 1. The summed E-state index contributed by atoms with van der Waals surface area (Å²) >= 11 is 7.15. The van der Waals surface area contributed by atoms with Crippen LogP contribution in [0.4, 0.5) is 20.2 Å². The molecule has 2 aromatic rings. The number of nitrogens with zero attached hydrogens (tertiary/aromatic N) is 2. The topological polar surface area (TPSA) is 100 Å². The zero-order valence-electron chi connectivity index (χ0n) is 22.5. The van der Waals surface area contributed by atoms with Crippen molar-refractivity contribution in [3.8, 4) is 5.75 Å². The van der Waals surface area contributed by atoms with E-state index in [1.807, 2.05) is 0 Å². The number of ether oxygens (including phenoxy) is 2. The van der Waals surface area contributed by atoms with E-state index in [9.17, 15) is 23.2 Å². The van der Waals surface area contributed by atoms with Crippen molar-refractivity contribution < 1.29 is 32.6 Å². The van der Waals surface area contributed by atoms with Crippen LogP contribution in [0.15, 0.2) is 30.3 Å². The minimum atomic E-state index is -3.14. The summed E-state index contributed by atoms with van der Waals surface area (Å²) in [6, 6.07) is 7.08. The molecule has 3 amide bonds. The van der Waals surface area contributed by atoms with Crippen molar-refractivity contribution in [3.63, 3.8) is 0 Å². The van der Waals surface area contributed by atoms with Crippen molar-refractivity contribution in [3.05, 3.63) is 39.5 Å². The molecule has 1 aromatic heterocycles. The number of hydrogen-bond acceptors (Lipinski definition) is 7. The van der Waals surface area contributed by atoms with Crippen molar-refractivity contribution in [1.82, 2.24) is 10.2 Å². The van der Waals surface area contributed by atoms with E-state index >= 15 is 0 Å². The van der Waals surface area contributed by atoms with Crippen LogP contribution in [0, 0.1) is 5.92 Å². The number of nitrogens with one attached hydrogen (secondary N) is 2. The van der Waals surface area contributed by atoms with E-state index in [-0.39, 0.29) is 49.0 Å². The molecule has 2 saturated carbocycles. The summed E-state index contributed by atoms with van der Waals surface area (Å²) in [5.74, 6) is -0.852. The number of morpholine rings is 1. The Morgan fingerprint density at radius 3 is 2.56 bits per heavy atom. The Morgan fingerprint density at radius 1 is 1.17 bits per heavy atom. The van der Waals surface area contributed by atoms with Gasteiger partial charge in [0.1, 0.15) is 12.6 Å². The quantitative estimate of drug-likeness (QED) is 0.360. The molecule has 0 spiro atoms. The van der Waals surface area contributed by atoms with Crippen molar-refractivity contribution in [2.45, 2.75) is 57.2 Å². The Bertz CT molecular complexity index is 1260. The Kier molecular flexibility index (Phi) is 9.74. The third-order valence-corrected chi connectivity index (χ3v) is 9.16. The van der Waals surface area contributed by atoms with Gasteiger partial charge in [0.2, 0.25) is 5.91 Å². The number of carbonyl (C=O) groups is 3. The second-order valence-electron chi connectivity index (χ2n) is 10.6. The zero-order valence-corrected chi connectivity index (χ0v) is 24.0. The van der Waals surface area contributed by atoms with Gasteiger partial charge in [-0.3, -0.25) is 19.3 Å². The van der Waals surface area contributed by atoms with Crippen LogP contribution in [0.5, 0.6) is 5.75 Å². The lowest BCUT2D eigenvalue weighted by molar-refractivity contribution is -0.126. The Morgan fingerprint density at radius 2 is 1.95 bits per heavy atom. The zero-order chi connectivity index (χ0) is 28.9. The van der Waals surface area contributed by atoms with Gasteiger partial charge in [0.25, 0.3) is 11.8 Å². The van der Waals surface area contributed by atoms with Gasteiger partial charge in [0, 0.05) is 37.4 Å². The molecule has 1 aliphatic heterocycles. The molecular weight excluding hydrogens is 578 g/mol. The summed E-state index contributed by atoms with van der Waals surface area (Å²) < 4.78 is 37.2. The third-order valence-electron chi connectivity index (χ3n) is 7.93. The number of anilines is 2. The van der Waals surface area contributed by atoms with Crippen molar-refractivity contribution in [2.75, 3.05) is 43.1 Å². The van der Waals surface area contributed by atoms with E-state index in [2.05, 4.69) is 15.5 Å². The molecule has 0 bridgehead atoms. The van der Waals surface area contributed by atoms with Crippen molar-refractivity contribution in [1.29, 1.82) is 0 Å². The van der Waals surface area contributed by atoms with Gasteiger partial charge >= 0.3 is 6.61 Å². The highest BCUT2D eigenvalue weighted by Gasteiger charge is 2.37. The summed E-state index contributed by atoms with van der Waals surface area (Å²) in [6.07, 6.45) is 6.30. The molecule has 3 fully saturated rings. The van der Waals surface area contributed by atoms with E-state index in [0.29, 0.717) is 27.4 Å². The number of alkyl halides is 2.